The smallest absolute Gasteiger partial charge is 0.122 e. The van der Waals surface area contributed by atoms with Crippen molar-refractivity contribution < 1.29 is 4.74 Å². The lowest BCUT2D eigenvalue weighted by molar-refractivity contribution is 0.406. The van der Waals surface area contributed by atoms with Crippen molar-refractivity contribution in [2.24, 2.45) is 0 Å². The van der Waals surface area contributed by atoms with Crippen LogP contribution in [0.15, 0.2) is 91.0 Å². The molecular weight excluding hydrogens is 304 g/mol. The molecule has 3 aromatic rings. The summed E-state index contributed by atoms with van der Waals surface area (Å²) in [5.74, 6) is 1.74. The Morgan fingerprint density at radius 3 is 2.12 bits per heavy atom. The number of allylic oxidation sites excluding steroid dienone is 2. The molecule has 1 nitrogen and oxygen atoms in total. The molecule has 0 N–H and O–H groups in total. The van der Waals surface area contributed by atoms with E-state index in [4.69, 9.17) is 4.74 Å². The van der Waals surface area contributed by atoms with Gasteiger partial charge in [0.15, 0.2) is 0 Å². The molecule has 0 saturated heterocycles. The average Bonchev–Trinajstić information content (AvgIpc) is 3.14. The second-order valence-corrected chi connectivity index (χ2v) is 6.55. The van der Waals surface area contributed by atoms with E-state index in [-0.39, 0.29) is 0 Å². The Hall–Kier alpha value is -2.80. The highest BCUT2D eigenvalue weighted by Crippen LogP contribution is 2.49. The lowest BCUT2D eigenvalue weighted by atomic mass is 9.83. The summed E-state index contributed by atoms with van der Waals surface area (Å²) in [5, 5.41) is 0. The Morgan fingerprint density at radius 1 is 0.760 bits per heavy atom. The van der Waals surface area contributed by atoms with Crippen LogP contribution in [0.25, 0.3) is 5.57 Å². The number of methoxy groups -OCH3 is 1. The fourth-order valence-electron chi connectivity index (χ4n) is 3.90. The second-order valence-electron chi connectivity index (χ2n) is 6.55. The maximum atomic E-state index is 5.65. The quantitative estimate of drug-likeness (QED) is 0.567. The standard InChI is InChI=1S/C24H22O/c1-25-24-15-9-8-14-21(24)23-17-20(18-10-4-2-5-11-18)16-22(23)19-12-6-3-7-13-19/h2-15,17,22-23H,16H2,1H3/t22-,23+/m0/s1. The number of rotatable bonds is 4. The molecule has 0 aromatic heterocycles. The topological polar surface area (TPSA) is 9.23 Å². The molecule has 0 fully saturated rings. The van der Waals surface area contributed by atoms with Crippen molar-refractivity contribution >= 4 is 5.57 Å². The number of ether oxygens (including phenoxy) is 1. The fraction of sp³-hybridized carbons (Fsp3) is 0.167. The Balaban J connectivity index is 1.79. The van der Waals surface area contributed by atoms with Crippen LogP contribution in [0.4, 0.5) is 0 Å². The van der Waals surface area contributed by atoms with E-state index in [1.807, 2.05) is 6.07 Å². The van der Waals surface area contributed by atoms with Crippen LogP contribution in [0, 0.1) is 0 Å². The minimum Gasteiger partial charge on any atom is -0.496 e. The molecule has 4 rings (SSSR count). The molecular formula is C24H22O. The van der Waals surface area contributed by atoms with Gasteiger partial charge in [0.2, 0.25) is 0 Å². The predicted octanol–water partition coefficient (Wildman–Crippen LogP) is 6.05. The number of hydrogen-bond acceptors (Lipinski definition) is 1. The third-order valence-electron chi connectivity index (χ3n) is 5.12. The van der Waals surface area contributed by atoms with E-state index in [0.717, 1.165) is 12.2 Å². The monoisotopic (exact) mass is 326 g/mol. The fourth-order valence-corrected chi connectivity index (χ4v) is 3.90. The third-order valence-corrected chi connectivity index (χ3v) is 5.12. The average molecular weight is 326 g/mol. The van der Waals surface area contributed by atoms with Gasteiger partial charge in [-0.1, -0.05) is 84.9 Å². The summed E-state index contributed by atoms with van der Waals surface area (Å²) in [4.78, 5) is 0. The van der Waals surface area contributed by atoms with Crippen LogP contribution in [0.5, 0.6) is 5.75 Å². The second kappa shape index (κ2) is 6.98. The van der Waals surface area contributed by atoms with Crippen molar-refractivity contribution in [3.05, 3.63) is 108 Å². The van der Waals surface area contributed by atoms with Gasteiger partial charge in [0, 0.05) is 11.5 Å². The van der Waals surface area contributed by atoms with Gasteiger partial charge < -0.3 is 4.74 Å². The van der Waals surface area contributed by atoms with E-state index < -0.39 is 0 Å². The molecule has 3 aromatic carbocycles. The van der Waals surface area contributed by atoms with Gasteiger partial charge in [0.25, 0.3) is 0 Å². The molecule has 0 aliphatic heterocycles. The third kappa shape index (κ3) is 3.10. The molecule has 0 amide bonds. The first-order valence-corrected chi connectivity index (χ1v) is 8.81. The minimum absolute atomic E-state index is 0.328. The van der Waals surface area contributed by atoms with Crippen molar-refractivity contribution in [3.63, 3.8) is 0 Å². The molecule has 0 spiro atoms. The summed E-state index contributed by atoms with van der Waals surface area (Å²) >= 11 is 0. The zero-order chi connectivity index (χ0) is 17.1. The molecule has 1 heteroatoms. The first-order valence-electron chi connectivity index (χ1n) is 8.81. The summed E-state index contributed by atoms with van der Waals surface area (Å²) in [5.41, 5.74) is 5.40. The van der Waals surface area contributed by atoms with Crippen molar-refractivity contribution in [3.8, 4) is 5.75 Å². The minimum atomic E-state index is 0.328. The van der Waals surface area contributed by atoms with E-state index in [1.165, 1.54) is 22.3 Å². The van der Waals surface area contributed by atoms with Crippen molar-refractivity contribution in [1.82, 2.24) is 0 Å². The number of para-hydroxylation sites is 1. The highest BCUT2D eigenvalue weighted by molar-refractivity contribution is 5.71. The van der Waals surface area contributed by atoms with E-state index in [2.05, 4.69) is 84.9 Å². The Morgan fingerprint density at radius 2 is 1.40 bits per heavy atom. The van der Waals surface area contributed by atoms with Crippen LogP contribution >= 0.6 is 0 Å². The van der Waals surface area contributed by atoms with Crippen LogP contribution < -0.4 is 4.74 Å². The zero-order valence-electron chi connectivity index (χ0n) is 14.4. The molecule has 2 atom stereocenters. The van der Waals surface area contributed by atoms with Gasteiger partial charge >= 0.3 is 0 Å². The summed E-state index contributed by atoms with van der Waals surface area (Å²) in [6, 6.07) is 30.0. The van der Waals surface area contributed by atoms with E-state index >= 15 is 0 Å². The molecule has 1 aliphatic carbocycles. The van der Waals surface area contributed by atoms with Gasteiger partial charge in [0.05, 0.1) is 7.11 Å². The normalized spacial score (nSPS) is 19.5. The van der Waals surface area contributed by atoms with Gasteiger partial charge in [0.1, 0.15) is 5.75 Å². The van der Waals surface area contributed by atoms with Gasteiger partial charge in [-0.15, -0.1) is 0 Å². The first-order chi connectivity index (χ1) is 12.4. The summed E-state index contributed by atoms with van der Waals surface area (Å²) < 4.78 is 5.65. The highest BCUT2D eigenvalue weighted by atomic mass is 16.5. The van der Waals surface area contributed by atoms with Crippen LogP contribution in [0.3, 0.4) is 0 Å². The zero-order valence-corrected chi connectivity index (χ0v) is 14.4. The first kappa shape index (κ1) is 15.7. The Bertz CT molecular complexity index is 865. The SMILES string of the molecule is COc1ccccc1[C@H]1C=C(c2ccccc2)C[C@H]1c1ccccc1. The maximum Gasteiger partial charge on any atom is 0.122 e. The molecule has 0 bridgehead atoms. The van der Waals surface area contributed by atoms with Crippen molar-refractivity contribution in [2.75, 3.05) is 7.11 Å². The van der Waals surface area contributed by atoms with E-state index in [9.17, 15) is 0 Å². The molecule has 1 aliphatic rings. The lowest BCUT2D eigenvalue weighted by Crippen LogP contribution is -2.06. The molecule has 25 heavy (non-hydrogen) atoms. The number of benzene rings is 3. The molecule has 0 saturated carbocycles. The molecule has 0 radical (unpaired) electrons. The van der Waals surface area contributed by atoms with E-state index in [1.54, 1.807) is 7.11 Å². The molecule has 0 unspecified atom stereocenters. The van der Waals surface area contributed by atoms with Gasteiger partial charge in [-0.25, -0.2) is 0 Å². The van der Waals surface area contributed by atoms with Crippen LogP contribution in [-0.4, -0.2) is 7.11 Å². The lowest BCUT2D eigenvalue weighted by Gasteiger charge is -2.22. The Kier molecular flexibility index (Phi) is 4.39. The summed E-state index contributed by atoms with van der Waals surface area (Å²) in [7, 11) is 1.76. The van der Waals surface area contributed by atoms with Crippen molar-refractivity contribution in [2.45, 2.75) is 18.3 Å². The predicted molar refractivity (Wildman–Crippen MR) is 104 cm³/mol. The van der Waals surface area contributed by atoms with Gasteiger partial charge in [-0.05, 0) is 35.1 Å². The summed E-state index contributed by atoms with van der Waals surface area (Å²) in [6.45, 7) is 0. The van der Waals surface area contributed by atoms with Crippen LogP contribution in [0.1, 0.15) is 34.9 Å². The van der Waals surface area contributed by atoms with Gasteiger partial charge in [-0.2, -0.15) is 0 Å². The van der Waals surface area contributed by atoms with Crippen LogP contribution in [0.2, 0.25) is 0 Å². The maximum absolute atomic E-state index is 5.65. The molecule has 124 valence electrons. The molecule has 0 heterocycles. The van der Waals surface area contributed by atoms with Crippen molar-refractivity contribution in [1.29, 1.82) is 0 Å². The largest absolute Gasteiger partial charge is 0.496 e. The highest BCUT2D eigenvalue weighted by Gasteiger charge is 2.32. The van der Waals surface area contributed by atoms with Crippen LogP contribution in [-0.2, 0) is 0 Å². The van der Waals surface area contributed by atoms with E-state index in [0.29, 0.717) is 11.8 Å². The Labute approximate surface area is 149 Å². The van der Waals surface area contributed by atoms with Gasteiger partial charge in [-0.3, -0.25) is 0 Å². The number of hydrogen-bond donors (Lipinski definition) is 0. The summed E-state index contributed by atoms with van der Waals surface area (Å²) in [6.07, 6.45) is 3.49.